The molecule has 30 heavy (non-hydrogen) atoms. The highest BCUT2D eigenvalue weighted by Gasteiger charge is 2.28. The van der Waals surface area contributed by atoms with Crippen LogP contribution in [0.25, 0.3) is 0 Å². The van der Waals surface area contributed by atoms with Gasteiger partial charge in [-0.3, -0.25) is 4.79 Å². The van der Waals surface area contributed by atoms with E-state index in [9.17, 15) is 13.2 Å². The van der Waals surface area contributed by atoms with E-state index in [2.05, 4.69) is 12.2 Å². The molecule has 1 aliphatic heterocycles. The van der Waals surface area contributed by atoms with E-state index in [-0.39, 0.29) is 10.8 Å². The predicted octanol–water partition coefficient (Wildman–Crippen LogP) is 4.24. The number of benzene rings is 2. The second kappa shape index (κ2) is 10.3. The van der Waals surface area contributed by atoms with Crippen molar-refractivity contribution in [2.24, 2.45) is 5.92 Å². The van der Waals surface area contributed by atoms with Crippen LogP contribution in [0.5, 0.6) is 5.75 Å². The molecular weight excluding hydrogens is 420 g/mol. The molecule has 0 aromatic heterocycles. The topological polar surface area (TPSA) is 75.7 Å². The van der Waals surface area contributed by atoms with Gasteiger partial charge < -0.3 is 10.1 Å². The fourth-order valence-corrected chi connectivity index (χ4v) is 5.83. The molecule has 1 heterocycles. The normalized spacial score (nSPS) is 17.5. The zero-order chi connectivity index (χ0) is 21.6. The Kier molecular flexibility index (Phi) is 7.80. The van der Waals surface area contributed by atoms with Gasteiger partial charge in [-0.05, 0) is 67.3 Å². The first kappa shape index (κ1) is 22.7. The van der Waals surface area contributed by atoms with Crippen LogP contribution in [-0.4, -0.2) is 44.6 Å². The van der Waals surface area contributed by atoms with E-state index in [1.165, 1.54) is 0 Å². The molecule has 162 valence electrons. The summed E-state index contributed by atoms with van der Waals surface area (Å²) < 4.78 is 32.3. The number of hydrogen-bond donors (Lipinski definition) is 1. The Balaban J connectivity index is 1.50. The van der Waals surface area contributed by atoms with Gasteiger partial charge in [-0.15, -0.1) is 11.8 Å². The number of thioether (sulfide) groups is 1. The molecule has 1 aliphatic rings. The van der Waals surface area contributed by atoms with Gasteiger partial charge in [-0.25, -0.2) is 8.42 Å². The number of piperidine rings is 1. The average Bonchev–Trinajstić information content (AvgIpc) is 2.74. The first-order chi connectivity index (χ1) is 14.4. The van der Waals surface area contributed by atoms with Gasteiger partial charge in [-0.1, -0.05) is 6.92 Å². The third-order valence-electron chi connectivity index (χ3n) is 5.05. The lowest BCUT2D eigenvalue weighted by Crippen LogP contribution is -2.39. The number of methoxy groups -OCH3 is 1. The molecule has 0 radical (unpaired) electrons. The molecule has 0 aliphatic carbocycles. The van der Waals surface area contributed by atoms with Crippen molar-refractivity contribution in [3.05, 3.63) is 48.5 Å². The van der Waals surface area contributed by atoms with E-state index in [4.69, 9.17) is 4.74 Å². The van der Waals surface area contributed by atoms with E-state index >= 15 is 0 Å². The average molecular weight is 449 g/mol. The molecule has 1 atom stereocenters. The summed E-state index contributed by atoms with van der Waals surface area (Å²) in [6.07, 6.45) is 2.32. The number of rotatable bonds is 8. The number of nitrogens with one attached hydrogen (secondary N) is 1. The summed E-state index contributed by atoms with van der Waals surface area (Å²) in [5.41, 5.74) is 0.598. The highest BCUT2D eigenvalue weighted by atomic mass is 32.2. The van der Waals surface area contributed by atoms with E-state index in [0.29, 0.717) is 36.9 Å². The van der Waals surface area contributed by atoms with Crippen LogP contribution in [0.15, 0.2) is 58.3 Å². The van der Waals surface area contributed by atoms with Gasteiger partial charge in [0.2, 0.25) is 15.9 Å². The van der Waals surface area contributed by atoms with Crippen molar-refractivity contribution in [3.63, 3.8) is 0 Å². The van der Waals surface area contributed by atoms with Crippen molar-refractivity contribution in [1.82, 2.24) is 4.31 Å². The molecule has 1 amide bonds. The lowest BCUT2D eigenvalue weighted by atomic mass is 10.0. The number of anilines is 1. The number of ether oxygens (including phenoxy) is 1. The van der Waals surface area contributed by atoms with Gasteiger partial charge in [0.05, 0.1) is 12.0 Å². The van der Waals surface area contributed by atoms with Crippen LogP contribution in [-0.2, 0) is 14.8 Å². The molecule has 8 heteroatoms. The maximum atomic E-state index is 12.8. The third kappa shape index (κ3) is 6.00. The Morgan fingerprint density at radius 3 is 2.50 bits per heavy atom. The maximum Gasteiger partial charge on any atom is 0.243 e. The minimum absolute atomic E-state index is 0.100. The minimum Gasteiger partial charge on any atom is -0.497 e. The summed E-state index contributed by atoms with van der Waals surface area (Å²) >= 11 is 1.60. The Labute approximate surface area is 183 Å². The summed E-state index contributed by atoms with van der Waals surface area (Å²) in [4.78, 5) is 13.5. The van der Waals surface area contributed by atoms with Gasteiger partial charge in [0.15, 0.2) is 0 Å². The van der Waals surface area contributed by atoms with E-state index in [1.807, 2.05) is 24.3 Å². The summed E-state index contributed by atoms with van der Waals surface area (Å²) in [5.74, 6) is 1.73. The summed E-state index contributed by atoms with van der Waals surface area (Å²) in [6, 6.07) is 14.1. The van der Waals surface area contributed by atoms with Crippen LogP contribution < -0.4 is 10.1 Å². The second-order valence-corrected chi connectivity index (χ2v) is 10.6. The van der Waals surface area contributed by atoms with Crippen molar-refractivity contribution in [1.29, 1.82) is 0 Å². The molecule has 3 rings (SSSR count). The van der Waals surface area contributed by atoms with Crippen molar-refractivity contribution < 1.29 is 17.9 Å². The molecule has 2 aromatic rings. The molecule has 0 spiro atoms. The summed E-state index contributed by atoms with van der Waals surface area (Å²) in [7, 11) is -1.85. The maximum absolute atomic E-state index is 12.8. The predicted molar refractivity (Wildman–Crippen MR) is 121 cm³/mol. The van der Waals surface area contributed by atoms with Gasteiger partial charge in [0, 0.05) is 35.8 Å². The zero-order valence-electron chi connectivity index (χ0n) is 17.3. The first-order valence-electron chi connectivity index (χ1n) is 10.1. The third-order valence-corrected chi connectivity index (χ3v) is 7.95. The SMILES string of the molecule is COc1ccc(SCCC(=O)Nc2ccc(S(=O)(=O)N3CCCC(C)C3)cc2)cc1. The number of sulfonamides is 1. The van der Waals surface area contributed by atoms with Crippen molar-refractivity contribution >= 4 is 33.4 Å². The zero-order valence-corrected chi connectivity index (χ0v) is 19.0. The molecule has 6 nitrogen and oxygen atoms in total. The van der Waals surface area contributed by atoms with Gasteiger partial charge >= 0.3 is 0 Å². The molecule has 1 fully saturated rings. The molecule has 1 saturated heterocycles. The molecule has 0 saturated carbocycles. The minimum atomic E-state index is -3.48. The van der Waals surface area contributed by atoms with Crippen LogP contribution in [0.1, 0.15) is 26.2 Å². The summed E-state index contributed by atoms with van der Waals surface area (Å²) in [6.45, 7) is 3.21. The smallest absolute Gasteiger partial charge is 0.243 e. The van der Waals surface area contributed by atoms with Gasteiger partial charge in [-0.2, -0.15) is 4.31 Å². The quantitative estimate of drug-likeness (QED) is 0.612. The molecule has 1 unspecified atom stereocenters. The number of carbonyl (C=O) groups excluding carboxylic acids is 1. The highest BCUT2D eigenvalue weighted by Crippen LogP contribution is 2.25. The number of amides is 1. The first-order valence-corrected chi connectivity index (χ1v) is 12.5. The molecule has 0 bridgehead atoms. The van der Waals surface area contributed by atoms with Gasteiger partial charge in [0.1, 0.15) is 5.75 Å². The van der Waals surface area contributed by atoms with Crippen molar-refractivity contribution in [3.8, 4) is 5.75 Å². The lowest BCUT2D eigenvalue weighted by Gasteiger charge is -2.30. The van der Waals surface area contributed by atoms with Gasteiger partial charge in [0.25, 0.3) is 0 Å². The fraction of sp³-hybridized carbons (Fsp3) is 0.409. The Morgan fingerprint density at radius 2 is 1.87 bits per heavy atom. The van der Waals surface area contributed by atoms with Crippen LogP contribution >= 0.6 is 11.8 Å². The van der Waals surface area contributed by atoms with E-state index in [0.717, 1.165) is 23.5 Å². The Morgan fingerprint density at radius 1 is 1.17 bits per heavy atom. The second-order valence-electron chi connectivity index (χ2n) is 7.46. The monoisotopic (exact) mass is 448 g/mol. The molecular formula is C22H28N2O4S2. The number of carbonyl (C=O) groups is 1. The highest BCUT2D eigenvalue weighted by molar-refractivity contribution is 7.99. The standard InChI is InChI=1S/C22H28N2O4S2/c1-17-4-3-14-24(16-17)30(26,27)21-11-5-18(6-12-21)23-22(25)13-15-29-20-9-7-19(28-2)8-10-20/h5-12,17H,3-4,13-16H2,1-2H3,(H,23,25). The van der Waals surface area contributed by atoms with Crippen LogP contribution in [0, 0.1) is 5.92 Å². The largest absolute Gasteiger partial charge is 0.497 e. The molecule has 1 N–H and O–H groups in total. The van der Waals surface area contributed by atoms with E-state index in [1.54, 1.807) is 47.4 Å². The van der Waals surface area contributed by atoms with Crippen LogP contribution in [0.4, 0.5) is 5.69 Å². The summed E-state index contributed by atoms with van der Waals surface area (Å²) in [5, 5.41) is 2.83. The van der Waals surface area contributed by atoms with Crippen molar-refractivity contribution in [2.75, 3.05) is 31.3 Å². The van der Waals surface area contributed by atoms with Crippen molar-refractivity contribution in [2.45, 2.75) is 36.0 Å². The van der Waals surface area contributed by atoms with E-state index < -0.39 is 10.0 Å². The lowest BCUT2D eigenvalue weighted by molar-refractivity contribution is -0.115. The Bertz CT molecular complexity index is 944. The molecule has 2 aromatic carbocycles. The number of nitrogens with zero attached hydrogens (tertiary/aromatic N) is 1. The van der Waals surface area contributed by atoms with Crippen LogP contribution in [0.3, 0.4) is 0 Å². The number of hydrogen-bond acceptors (Lipinski definition) is 5. The fourth-order valence-electron chi connectivity index (χ4n) is 3.38. The van der Waals surface area contributed by atoms with Crippen LogP contribution in [0.2, 0.25) is 0 Å². The Hall–Kier alpha value is -2.03.